The van der Waals surface area contributed by atoms with Crippen molar-refractivity contribution in [1.29, 1.82) is 0 Å². The fraction of sp³-hybridized carbons (Fsp3) is 0.360. The maximum Gasteiger partial charge on any atom is 0.170 e. The van der Waals surface area contributed by atoms with Crippen LogP contribution in [-0.2, 0) is 4.74 Å². The van der Waals surface area contributed by atoms with Gasteiger partial charge in [-0.25, -0.2) is 4.39 Å². The molecule has 6 nitrogen and oxygen atoms in total. The second-order valence-electron chi connectivity index (χ2n) is 8.34. The third kappa shape index (κ3) is 4.93. The Bertz CT molecular complexity index is 1070. The summed E-state index contributed by atoms with van der Waals surface area (Å²) in [5, 5.41) is 4.17. The first-order valence-corrected chi connectivity index (χ1v) is 11.7. The summed E-state index contributed by atoms with van der Waals surface area (Å²) in [4.78, 5) is 9.22. The number of pyridine rings is 1. The molecule has 2 aliphatic heterocycles. The molecule has 172 valence electrons. The number of hydrogen-bond donors (Lipinski definition) is 1. The van der Waals surface area contributed by atoms with E-state index in [0.717, 1.165) is 62.8 Å². The van der Waals surface area contributed by atoms with Gasteiger partial charge < -0.3 is 19.4 Å². The molecule has 0 radical (unpaired) electrons. The van der Waals surface area contributed by atoms with Crippen LogP contribution in [0.15, 0.2) is 65.2 Å². The molecule has 4 heterocycles. The van der Waals surface area contributed by atoms with Crippen molar-refractivity contribution in [2.45, 2.75) is 18.5 Å². The second kappa shape index (κ2) is 9.99. The van der Waals surface area contributed by atoms with Crippen LogP contribution in [0, 0.1) is 5.82 Å². The molecular formula is C25H27FN4O2S. The Morgan fingerprint density at radius 3 is 2.61 bits per heavy atom. The fourth-order valence-electron chi connectivity index (χ4n) is 4.53. The van der Waals surface area contributed by atoms with Crippen molar-refractivity contribution in [2.24, 2.45) is 0 Å². The number of furan rings is 1. The zero-order valence-electron chi connectivity index (χ0n) is 18.3. The number of nitrogens with zero attached hydrogens (tertiary/aromatic N) is 3. The van der Waals surface area contributed by atoms with E-state index >= 15 is 0 Å². The maximum atomic E-state index is 13.4. The van der Waals surface area contributed by atoms with Crippen LogP contribution in [0.25, 0.3) is 11.3 Å². The molecule has 2 unspecified atom stereocenters. The zero-order valence-corrected chi connectivity index (χ0v) is 19.1. The molecule has 3 aromatic rings. The standard InChI is InChI=1S/C25H27FN4O2S/c26-19-7-5-18(6-8-19)21-9-10-22(32-21)24-23(20-4-1-2-11-27-20)28-25(33)30(24)13-3-12-29-14-16-31-17-15-29/h1-2,4-11,23-24H,3,12-17H2,(H,28,33). The number of ether oxygens (including phenoxy) is 1. The lowest BCUT2D eigenvalue weighted by Gasteiger charge is -2.29. The van der Waals surface area contributed by atoms with Gasteiger partial charge >= 0.3 is 0 Å². The molecule has 2 aliphatic rings. The lowest BCUT2D eigenvalue weighted by molar-refractivity contribution is 0.0365. The molecule has 2 aromatic heterocycles. The first kappa shape index (κ1) is 22.0. The van der Waals surface area contributed by atoms with Crippen LogP contribution < -0.4 is 5.32 Å². The van der Waals surface area contributed by atoms with Gasteiger partial charge in [-0.2, -0.15) is 0 Å². The van der Waals surface area contributed by atoms with Gasteiger partial charge in [-0.15, -0.1) is 0 Å². The average molecular weight is 467 g/mol. The minimum Gasteiger partial charge on any atom is -0.459 e. The van der Waals surface area contributed by atoms with E-state index in [0.29, 0.717) is 10.9 Å². The Labute approximate surface area is 198 Å². The van der Waals surface area contributed by atoms with E-state index in [2.05, 4.69) is 20.1 Å². The van der Waals surface area contributed by atoms with Gasteiger partial charge in [0.15, 0.2) is 5.11 Å². The topological polar surface area (TPSA) is 53.8 Å². The summed E-state index contributed by atoms with van der Waals surface area (Å²) in [6.07, 6.45) is 2.78. The number of halogens is 1. The van der Waals surface area contributed by atoms with Crippen LogP contribution in [0.1, 0.15) is 30.0 Å². The van der Waals surface area contributed by atoms with Gasteiger partial charge in [0.05, 0.1) is 24.9 Å². The third-order valence-corrected chi connectivity index (χ3v) is 6.57. The SMILES string of the molecule is Fc1ccc(-c2ccc(C3C(c4ccccn4)NC(=S)N3CCCN3CCOCC3)o2)cc1. The van der Waals surface area contributed by atoms with E-state index in [1.165, 1.54) is 12.1 Å². The van der Waals surface area contributed by atoms with E-state index in [9.17, 15) is 4.39 Å². The second-order valence-corrected chi connectivity index (χ2v) is 8.72. The van der Waals surface area contributed by atoms with E-state index in [1.54, 1.807) is 18.3 Å². The van der Waals surface area contributed by atoms with Gasteiger partial charge in [-0.05, 0) is 67.2 Å². The van der Waals surface area contributed by atoms with Crippen molar-refractivity contribution in [1.82, 2.24) is 20.1 Å². The first-order valence-electron chi connectivity index (χ1n) is 11.3. The molecule has 1 N–H and O–H groups in total. The molecular weight excluding hydrogens is 439 g/mol. The van der Waals surface area contributed by atoms with E-state index in [-0.39, 0.29) is 17.9 Å². The molecule has 2 saturated heterocycles. The predicted octanol–water partition coefficient (Wildman–Crippen LogP) is 4.18. The highest BCUT2D eigenvalue weighted by atomic mass is 32.1. The number of nitrogens with one attached hydrogen (secondary N) is 1. The Balaban J connectivity index is 1.39. The van der Waals surface area contributed by atoms with Crippen molar-refractivity contribution in [3.63, 3.8) is 0 Å². The molecule has 0 saturated carbocycles. The Morgan fingerprint density at radius 1 is 1.03 bits per heavy atom. The number of morpholine rings is 1. The van der Waals surface area contributed by atoms with Crippen molar-refractivity contribution in [3.05, 3.63) is 78.1 Å². The van der Waals surface area contributed by atoms with Gasteiger partial charge in [0, 0.05) is 37.9 Å². The third-order valence-electron chi connectivity index (χ3n) is 6.22. The number of thiocarbonyl (C=S) groups is 1. The molecule has 2 fully saturated rings. The van der Waals surface area contributed by atoms with Crippen LogP contribution >= 0.6 is 12.2 Å². The number of hydrogen-bond acceptors (Lipinski definition) is 5. The summed E-state index contributed by atoms with van der Waals surface area (Å²) in [6.45, 7) is 5.36. The van der Waals surface area contributed by atoms with E-state index in [4.69, 9.17) is 21.4 Å². The molecule has 2 atom stereocenters. The van der Waals surface area contributed by atoms with Gasteiger partial charge in [-0.3, -0.25) is 9.88 Å². The van der Waals surface area contributed by atoms with Crippen molar-refractivity contribution in [2.75, 3.05) is 39.4 Å². The summed E-state index contributed by atoms with van der Waals surface area (Å²) < 4.78 is 25.1. The Hall–Kier alpha value is -2.81. The zero-order chi connectivity index (χ0) is 22.6. The molecule has 33 heavy (non-hydrogen) atoms. The summed E-state index contributed by atoms with van der Waals surface area (Å²) in [6, 6.07) is 15.9. The highest BCUT2D eigenvalue weighted by molar-refractivity contribution is 7.80. The smallest absolute Gasteiger partial charge is 0.170 e. The Kier molecular flexibility index (Phi) is 6.66. The van der Waals surface area contributed by atoms with Gasteiger partial charge in [0.25, 0.3) is 0 Å². The molecule has 8 heteroatoms. The average Bonchev–Trinajstić information content (AvgIpc) is 3.46. The normalized spacial score (nSPS) is 21.4. The molecule has 0 spiro atoms. The van der Waals surface area contributed by atoms with Crippen molar-refractivity contribution < 1.29 is 13.5 Å². The summed E-state index contributed by atoms with van der Waals surface area (Å²) >= 11 is 5.75. The first-order chi connectivity index (χ1) is 16.2. The van der Waals surface area contributed by atoms with Crippen LogP contribution in [0.4, 0.5) is 4.39 Å². The number of aromatic nitrogens is 1. The molecule has 0 amide bonds. The number of benzene rings is 1. The monoisotopic (exact) mass is 466 g/mol. The summed E-state index contributed by atoms with van der Waals surface area (Å²) in [5.74, 6) is 1.25. The number of rotatable bonds is 7. The lowest BCUT2D eigenvalue weighted by atomic mass is 10.0. The largest absolute Gasteiger partial charge is 0.459 e. The lowest BCUT2D eigenvalue weighted by Crippen LogP contribution is -2.38. The van der Waals surface area contributed by atoms with Gasteiger partial charge in [-0.1, -0.05) is 6.07 Å². The predicted molar refractivity (Wildman–Crippen MR) is 128 cm³/mol. The van der Waals surface area contributed by atoms with Crippen LogP contribution in [-0.4, -0.2) is 59.3 Å². The minimum atomic E-state index is -0.266. The van der Waals surface area contributed by atoms with Crippen LogP contribution in [0.3, 0.4) is 0 Å². The fourth-order valence-corrected chi connectivity index (χ4v) is 4.86. The van der Waals surface area contributed by atoms with Gasteiger partial charge in [0.2, 0.25) is 0 Å². The molecule has 1 aromatic carbocycles. The van der Waals surface area contributed by atoms with Crippen molar-refractivity contribution in [3.8, 4) is 11.3 Å². The van der Waals surface area contributed by atoms with Crippen molar-refractivity contribution >= 4 is 17.3 Å². The van der Waals surface area contributed by atoms with E-state index in [1.807, 2.05) is 30.3 Å². The van der Waals surface area contributed by atoms with Crippen LogP contribution in [0.5, 0.6) is 0 Å². The van der Waals surface area contributed by atoms with Gasteiger partial charge in [0.1, 0.15) is 23.4 Å². The minimum absolute atomic E-state index is 0.116. The molecule has 0 aliphatic carbocycles. The summed E-state index contributed by atoms with van der Waals surface area (Å²) in [7, 11) is 0. The maximum absolute atomic E-state index is 13.4. The molecule has 5 rings (SSSR count). The summed E-state index contributed by atoms with van der Waals surface area (Å²) in [5.41, 5.74) is 1.75. The van der Waals surface area contributed by atoms with Crippen LogP contribution in [0.2, 0.25) is 0 Å². The quantitative estimate of drug-likeness (QED) is 0.525. The van der Waals surface area contributed by atoms with E-state index < -0.39 is 0 Å². The highest BCUT2D eigenvalue weighted by Crippen LogP contribution is 2.40. The Morgan fingerprint density at radius 2 is 1.85 bits per heavy atom. The highest BCUT2D eigenvalue weighted by Gasteiger charge is 2.41. The molecule has 0 bridgehead atoms.